The van der Waals surface area contributed by atoms with Crippen molar-refractivity contribution in [3.63, 3.8) is 0 Å². The molecular weight excluding hydrogens is 350 g/mol. The van der Waals surface area contributed by atoms with Gasteiger partial charge in [-0.15, -0.1) is 0 Å². The molecule has 162 valence electrons. The van der Waals surface area contributed by atoms with Crippen molar-refractivity contribution >= 4 is 11.8 Å². The molecule has 0 aliphatic carbocycles. The Bertz CT molecular complexity index is 402. The lowest BCUT2D eigenvalue weighted by Gasteiger charge is -2.03. The Labute approximate surface area is 173 Å². The van der Waals surface area contributed by atoms with Crippen LogP contribution in [-0.2, 0) is 14.3 Å². The maximum absolute atomic E-state index is 10.0. The van der Waals surface area contributed by atoms with Crippen LogP contribution in [0.3, 0.4) is 0 Å². The van der Waals surface area contributed by atoms with Crippen LogP contribution in [0.1, 0.15) is 110 Å². The predicted octanol–water partition coefficient (Wildman–Crippen LogP) is 6.61. The molecule has 1 rings (SSSR count). The van der Waals surface area contributed by atoms with Crippen LogP contribution in [0.2, 0.25) is 0 Å². The number of ether oxygens (including phenoxy) is 1. The fourth-order valence-electron chi connectivity index (χ4n) is 3.17. The molecule has 0 unspecified atom stereocenters. The molecule has 0 saturated carbocycles. The van der Waals surface area contributed by atoms with Gasteiger partial charge in [-0.3, -0.25) is 14.9 Å². The zero-order valence-electron chi connectivity index (χ0n) is 18.2. The van der Waals surface area contributed by atoms with E-state index in [4.69, 9.17) is 4.74 Å². The topological polar surface area (TPSA) is 55.4 Å². The van der Waals surface area contributed by atoms with Gasteiger partial charge in [-0.2, -0.15) is 0 Å². The molecule has 1 N–H and O–H groups in total. The van der Waals surface area contributed by atoms with Gasteiger partial charge in [0.2, 0.25) is 0 Å². The number of nitrogens with one attached hydrogen (secondary N) is 1. The van der Waals surface area contributed by atoms with Crippen LogP contribution in [0.15, 0.2) is 25.0 Å². The Hall–Kier alpha value is -1.58. The highest BCUT2D eigenvalue weighted by atomic mass is 16.5. The van der Waals surface area contributed by atoms with Gasteiger partial charge < -0.3 is 4.74 Å². The highest BCUT2D eigenvalue weighted by molar-refractivity contribution is 6.12. The van der Waals surface area contributed by atoms with Gasteiger partial charge in [-0.05, 0) is 6.42 Å². The molecular formula is C24H43NO3. The lowest BCUT2D eigenvalue weighted by Crippen LogP contribution is -2.19. The van der Waals surface area contributed by atoms with Crippen molar-refractivity contribution in [3.05, 3.63) is 25.0 Å². The molecule has 1 heterocycles. The van der Waals surface area contributed by atoms with Gasteiger partial charge in [-0.1, -0.05) is 110 Å². The quantitative estimate of drug-likeness (QED) is 0.162. The molecule has 0 aromatic heterocycles. The lowest BCUT2D eigenvalue weighted by molar-refractivity contribution is -0.123. The number of unbranched alkanes of at least 4 members (excludes halogenated alkanes) is 15. The van der Waals surface area contributed by atoms with Crippen molar-refractivity contribution < 1.29 is 14.3 Å². The van der Waals surface area contributed by atoms with Crippen molar-refractivity contribution in [2.24, 2.45) is 0 Å². The van der Waals surface area contributed by atoms with Gasteiger partial charge >= 0.3 is 0 Å². The predicted molar refractivity (Wildman–Crippen MR) is 118 cm³/mol. The number of carbonyl (C=O) groups excluding carboxylic acids is 2. The van der Waals surface area contributed by atoms with Gasteiger partial charge in [0.15, 0.2) is 0 Å². The Kier molecular flexibility index (Phi) is 20.5. The Morgan fingerprint density at radius 2 is 1.07 bits per heavy atom. The molecule has 4 nitrogen and oxygen atoms in total. The number of imide groups is 1. The molecule has 0 bridgehead atoms. The Balaban J connectivity index is 0.000000861. The van der Waals surface area contributed by atoms with E-state index in [0.29, 0.717) is 0 Å². The van der Waals surface area contributed by atoms with E-state index in [9.17, 15) is 9.59 Å². The first-order valence-corrected chi connectivity index (χ1v) is 11.5. The molecule has 0 radical (unpaired) electrons. The second-order valence-corrected chi connectivity index (χ2v) is 7.53. The maximum atomic E-state index is 10.0. The van der Waals surface area contributed by atoms with Crippen LogP contribution in [0, 0.1) is 0 Å². The molecule has 0 atom stereocenters. The summed E-state index contributed by atoms with van der Waals surface area (Å²) in [6, 6.07) is 0. The third-order valence-corrected chi connectivity index (χ3v) is 4.87. The summed E-state index contributed by atoms with van der Waals surface area (Å²) in [5.41, 5.74) is 0. The first-order chi connectivity index (χ1) is 13.7. The Morgan fingerprint density at radius 3 is 1.36 bits per heavy atom. The highest BCUT2D eigenvalue weighted by Crippen LogP contribution is 2.13. The normalized spacial score (nSPS) is 12.5. The zero-order valence-corrected chi connectivity index (χ0v) is 18.2. The average molecular weight is 394 g/mol. The van der Waals surface area contributed by atoms with Crippen molar-refractivity contribution in [2.75, 3.05) is 6.61 Å². The summed E-state index contributed by atoms with van der Waals surface area (Å²) in [6.07, 6.45) is 26.6. The number of rotatable bonds is 18. The van der Waals surface area contributed by atoms with E-state index in [0.717, 1.165) is 6.61 Å². The van der Waals surface area contributed by atoms with Gasteiger partial charge in [0.25, 0.3) is 11.8 Å². The van der Waals surface area contributed by atoms with Gasteiger partial charge in [0.1, 0.15) is 0 Å². The molecule has 0 aromatic rings. The third-order valence-electron chi connectivity index (χ3n) is 4.87. The number of carbonyl (C=O) groups is 2. The largest absolute Gasteiger partial charge is 0.502 e. The first kappa shape index (κ1) is 26.4. The summed E-state index contributed by atoms with van der Waals surface area (Å²) in [4.78, 5) is 20.1. The summed E-state index contributed by atoms with van der Waals surface area (Å²) in [5.74, 6) is -0.657. The van der Waals surface area contributed by atoms with Crippen LogP contribution in [0.5, 0.6) is 0 Å². The number of amides is 2. The van der Waals surface area contributed by atoms with Gasteiger partial charge in [0, 0.05) is 12.2 Å². The van der Waals surface area contributed by atoms with Crippen LogP contribution in [0.25, 0.3) is 0 Å². The van der Waals surface area contributed by atoms with E-state index in [1.165, 1.54) is 115 Å². The van der Waals surface area contributed by atoms with Crippen molar-refractivity contribution in [2.45, 2.75) is 110 Å². The lowest BCUT2D eigenvalue weighted by atomic mass is 10.0. The summed E-state index contributed by atoms with van der Waals surface area (Å²) in [6.45, 7) is 6.69. The average Bonchev–Trinajstić information content (AvgIpc) is 3.07. The number of hydrogen-bond donors (Lipinski definition) is 1. The third kappa shape index (κ3) is 20.7. The van der Waals surface area contributed by atoms with Crippen LogP contribution < -0.4 is 5.32 Å². The summed E-state index contributed by atoms with van der Waals surface area (Å²) in [5, 5.41) is 2.03. The molecule has 28 heavy (non-hydrogen) atoms. The first-order valence-electron chi connectivity index (χ1n) is 11.5. The van der Waals surface area contributed by atoms with Crippen LogP contribution in [-0.4, -0.2) is 18.4 Å². The van der Waals surface area contributed by atoms with Gasteiger partial charge in [0.05, 0.1) is 12.9 Å². The maximum Gasteiger partial charge on any atom is 0.250 e. The van der Waals surface area contributed by atoms with E-state index in [2.05, 4.69) is 13.5 Å². The molecule has 0 aromatic carbocycles. The summed E-state index contributed by atoms with van der Waals surface area (Å²) >= 11 is 0. The second kappa shape index (κ2) is 21.7. The second-order valence-electron chi connectivity index (χ2n) is 7.53. The summed E-state index contributed by atoms with van der Waals surface area (Å²) in [7, 11) is 0. The molecule has 0 spiro atoms. The van der Waals surface area contributed by atoms with Crippen LogP contribution >= 0.6 is 0 Å². The minimum absolute atomic E-state index is 0.329. The molecule has 4 heteroatoms. The molecule has 2 amide bonds. The minimum atomic E-state index is -0.329. The van der Waals surface area contributed by atoms with Crippen LogP contribution in [0.4, 0.5) is 0 Å². The monoisotopic (exact) mass is 393 g/mol. The van der Waals surface area contributed by atoms with E-state index in [-0.39, 0.29) is 11.8 Å². The Morgan fingerprint density at radius 1 is 0.714 bits per heavy atom. The summed E-state index contributed by atoms with van der Waals surface area (Å²) < 4.78 is 5.12. The molecule has 0 saturated heterocycles. The SMILES string of the molecule is C=COCCCCCCCCCCCCCCCCCC.O=C1C=CC(=O)N1. The zero-order chi connectivity index (χ0) is 20.7. The fourth-order valence-corrected chi connectivity index (χ4v) is 3.17. The standard InChI is InChI=1S/C20H40O.C4H3NO2/c1-3-5-6-7-8-9-10-11-12-13-14-15-16-17-18-19-20-21-4-2;6-3-1-2-4(7)5-3/h4H,2-3,5-20H2,1H3;1-2H,(H,5,6,7). The van der Waals surface area contributed by atoms with Crippen molar-refractivity contribution in [3.8, 4) is 0 Å². The van der Waals surface area contributed by atoms with Crippen molar-refractivity contribution in [1.82, 2.24) is 5.32 Å². The fraction of sp³-hybridized carbons (Fsp3) is 0.750. The minimum Gasteiger partial charge on any atom is -0.502 e. The van der Waals surface area contributed by atoms with Gasteiger partial charge in [-0.25, -0.2) is 0 Å². The van der Waals surface area contributed by atoms with Crippen molar-refractivity contribution in [1.29, 1.82) is 0 Å². The smallest absolute Gasteiger partial charge is 0.250 e. The van der Waals surface area contributed by atoms with E-state index in [1.54, 1.807) is 6.26 Å². The molecule has 1 aliphatic heterocycles. The van der Waals surface area contributed by atoms with E-state index < -0.39 is 0 Å². The number of hydrogen-bond acceptors (Lipinski definition) is 3. The van der Waals surface area contributed by atoms with E-state index >= 15 is 0 Å². The highest BCUT2D eigenvalue weighted by Gasteiger charge is 2.06. The molecule has 1 aliphatic rings. The molecule has 0 fully saturated rings. The van der Waals surface area contributed by atoms with E-state index in [1.807, 2.05) is 5.32 Å².